The van der Waals surface area contributed by atoms with E-state index in [0.717, 1.165) is 17.2 Å². The van der Waals surface area contributed by atoms with E-state index in [4.69, 9.17) is 0 Å². The number of hydrogen-bond acceptors (Lipinski definition) is 3. The van der Waals surface area contributed by atoms with E-state index < -0.39 is 0 Å². The van der Waals surface area contributed by atoms with E-state index in [9.17, 15) is 0 Å². The van der Waals surface area contributed by atoms with E-state index in [1.165, 1.54) is 33.1 Å². The molecule has 0 aromatic rings. The first-order valence-electron chi connectivity index (χ1n) is 4.75. The molecule has 0 radical (unpaired) electrons. The van der Waals surface area contributed by atoms with Crippen LogP contribution in [0.2, 0.25) is 0 Å². The van der Waals surface area contributed by atoms with Crippen LogP contribution in [-0.2, 0) is 0 Å². The molecule has 4 fully saturated rings. The van der Waals surface area contributed by atoms with Crippen LogP contribution in [0, 0.1) is 0 Å². The molecular formula is C8H17N4+. The standard InChI is InChI=1S/C8H17N4/c1-12-4-9-8-2-10(6-12)5-11(3-8)7-12/h8-9H,2-7H2,1H3/q+1. The lowest BCUT2D eigenvalue weighted by Crippen LogP contribution is -2.65. The van der Waals surface area contributed by atoms with Gasteiger partial charge < -0.3 is 0 Å². The van der Waals surface area contributed by atoms with Crippen molar-refractivity contribution in [3.63, 3.8) is 0 Å². The third-order valence-electron chi connectivity index (χ3n) is 3.20. The Labute approximate surface area is 73.3 Å². The molecule has 4 nitrogen and oxygen atoms in total. The maximum Gasteiger partial charge on any atom is 0.138 e. The van der Waals surface area contributed by atoms with Crippen LogP contribution in [0.25, 0.3) is 0 Å². The van der Waals surface area contributed by atoms with Gasteiger partial charge in [-0.2, -0.15) is 0 Å². The van der Waals surface area contributed by atoms with Crippen molar-refractivity contribution in [1.29, 1.82) is 0 Å². The molecule has 0 aromatic heterocycles. The Morgan fingerprint density at radius 2 is 1.92 bits per heavy atom. The van der Waals surface area contributed by atoms with E-state index in [0.29, 0.717) is 0 Å². The van der Waals surface area contributed by atoms with Crippen LogP contribution in [0.3, 0.4) is 0 Å². The fourth-order valence-corrected chi connectivity index (χ4v) is 2.87. The number of quaternary nitrogens is 1. The molecule has 4 heterocycles. The quantitative estimate of drug-likeness (QED) is 0.463. The van der Waals surface area contributed by atoms with Gasteiger partial charge in [0.1, 0.15) is 20.0 Å². The lowest BCUT2D eigenvalue weighted by molar-refractivity contribution is -0.936. The van der Waals surface area contributed by atoms with Gasteiger partial charge in [0.05, 0.1) is 13.7 Å². The second-order valence-corrected chi connectivity index (χ2v) is 4.81. The minimum Gasteiger partial charge on any atom is -0.289 e. The number of fused-ring (bicyclic) bond motifs is 1. The van der Waals surface area contributed by atoms with Crippen molar-refractivity contribution >= 4 is 0 Å². The van der Waals surface area contributed by atoms with Gasteiger partial charge in [0.2, 0.25) is 0 Å². The number of nitrogens with zero attached hydrogens (tertiary/aromatic N) is 3. The topological polar surface area (TPSA) is 18.5 Å². The summed E-state index contributed by atoms with van der Waals surface area (Å²) in [5.41, 5.74) is 0. The molecule has 0 aromatic carbocycles. The normalized spacial score (nSPS) is 57.2. The SMILES string of the molecule is C[N+]12CNC3CN(CN(C3)C1)C2. The summed E-state index contributed by atoms with van der Waals surface area (Å²) in [5.74, 6) is 0. The second-order valence-electron chi connectivity index (χ2n) is 4.81. The molecule has 68 valence electrons. The van der Waals surface area contributed by atoms with Crippen LogP contribution in [0.5, 0.6) is 0 Å². The lowest BCUT2D eigenvalue weighted by atomic mass is 10.2. The molecule has 0 amide bonds. The molecule has 0 spiro atoms. The monoisotopic (exact) mass is 169 g/mol. The number of rotatable bonds is 0. The highest BCUT2D eigenvalue weighted by molar-refractivity contribution is 4.83. The van der Waals surface area contributed by atoms with Gasteiger partial charge in [-0.15, -0.1) is 0 Å². The first kappa shape index (κ1) is 7.26. The Kier molecular flexibility index (Phi) is 1.33. The summed E-state index contributed by atoms with van der Waals surface area (Å²) in [6.45, 7) is 7.33. The Bertz CT molecular complexity index is 191. The van der Waals surface area contributed by atoms with E-state index in [1.54, 1.807) is 0 Å². The Morgan fingerprint density at radius 1 is 1.25 bits per heavy atom. The average molecular weight is 169 g/mol. The van der Waals surface area contributed by atoms with Gasteiger partial charge in [-0.3, -0.25) is 9.80 Å². The van der Waals surface area contributed by atoms with Gasteiger partial charge in [-0.05, 0) is 0 Å². The van der Waals surface area contributed by atoms with Crippen LogP contribution in [0.15, 0.2) is 0 Å². The van der Waals surface area contributed by atoms with Crippen LogP contribution in [0.4, 0.5) is 0 Å². The minimum absolute atomic E-state index is 0.723. The molecular weight excluding hydrogens is 152 g/mol. The van der Waals surface area contributed by atoms with Crippen molar-refractivity contribution in [2.24, 2.45) is 0 Å². The van der Waals surface area contributed by atoms with Gasteiger partial charge in [-0.25, -0.2) is 9.80 Å². The molecule has 4 saturated heterocycles. The van der Waals surface area contributed by atoms with Crippen LogP contribution in [0.1, 0.15) is 0 Å². The summed E-state index contributed by atoms with van der Waals surface area (Å²) in [4.78, 5) is 5.13. The van der Waals surface area contributed by atoms with Crippen molar-refractivity contribution in [3.05, 3.63) is 0 Å². The Balaban J connectivity index is 1.94. The highest BCUT2D eigenvalue weighted by Crippen LogP contribution is 2.21. The van der Waals surface area contributed by atoms with Crippen LogP contribution >= 0.6 is 0 Å². The summed E-state index contributed by atoms with van der Waals surface area (Å²) in [6.07, 6.45) is 0. The molecule has 4 heteroatoms. The van der Waals surface area contributed by atoms with Crippen molar-refractivity contribution < 1.29 is 4.48 Å². The van der Waals surface area contributed by atoms with Gasteiger partial charge in [0, 0.05) is 19.1 Å². The molecule has 4 rings (SSSR count). The first-order chi connectivity index (χ1) is 5.73. The molecule has 4 bridgehead atoms. The zero-order valence-electron chi connectivity index (χ0n) is 7.66. The predicted octanol–water partition coefficient (Wildman–Crippen LogP) is -1.13. The highest BCUT2D eigenvalue weighted by atomic mass is 15.6. The third kappa shape index (κ3) is 0.992. The zero-order valence-corrected chi connectivity index (χ0v) is 7.66. The summed E-state index contributed by atoms with van der Waals surface area (Å²) in [5, 5.41) is 3.63. The van der Waals surface area contributed by atoms with Gasteiger partial charge in [0.25, 0.3) is 0 Å². The highest BCUT2D eigenvalue weighted by Gasteiger charge is 2.42. The average Bonchev–Trinajstić information content (AvgIpc) is 2.14. The van der Waals surface area contributed by atoms with E-state index in [2.05, 4.69) is 22.2 Å². The van der Waals surface area contributed by atoms with Crippen molar-refractivity contribution in [2.45, 2.75) is 6.04 Å². The fraction of sp³-hybridized carbons (Fsp3) is 1.00. The molecule has 2 atom stereocenters. The van der Waals surface area contributed by atoms with Crippen molar-refractivity contribution in [2.75, 3.05) is 46.8 Å². The van der Waals surface area contributed by atoms with Crippen molar-refractivity contribution in [3.8, 4) is 0 Å². The zero-order chi connectivity index (χ0) is 8.18. The van der Waals surface area contributed by atoms with E-state index in [-0.39, 0.29) is 0 Å². The molecule has 4 aliphatic rings. The van der Waals surface area contributed by atoms with E-state index >= 15 is 0 Å². The lowest BCUT2D eigenvalue weighted by Gasteiger charge is -2.47. The summed E-state index contributed by atoms with van der Waals surface area (Å²) in [6, 6.07) is 0.723. The predicted molar refractivity (Wildman–Crippen MR) is 46.0 cm³/mol. The van der Waals surface area contributed by atoms with Crippen LogP contribution in [-0.4, -0.2) is 67.1 Å². The van der Waals surface area contributed by atoms with Crippen LogP contribution < -0.4 is 5.32 Å². The fourth-order valence-electron chi connectivity index (χ4n) is 2.87. The maximum atomic E-state index is 3.63. The Morgan fingerprint density at radius 3 is 2.58 bits per heavy atom. The van der Waals surface area contributed by atoms with Gasteiger partial charge >= 0.3 is 0 Å². The van der Waals surface area contributed by atoms with Gasteiger partial charge in [-0.1, -0.05) is 0 Å². The summed E-state index contributed by atoms with van der Waals surface area (Å²) in [7, 11) is 2.35. The van der Waals surface area contributed by atoms with Crippen molar-refractivity contribution in [1.82, 2.24) is 15.1 Å². The molecule has 4 aliphatic heterocycles. The summed E-state index contributed by atoms with van der Waals surface area (Å²) >= 11 is 0. The number of hydrogen-bond donors (Lipinski definition) is 1. The second kappa shape index (κ2) is 2.20. The molecule has 2 unspecified atom stereocenters. The third-order valence-corrected chi connectivity index (χ3v) is 3.20. The molecule has 1 N–H and O–H groups in total. The summed E-state index contributed by atoms with van der Waals surface area (Å²) < 4.78 is 1.16. The Hall–Kier alpha value is -0.160. The molecule has 12 heavy (non-hydrogen) atoms. The first-order valence-corrected chi connectivity index (χ1v) is 4.75. The minimum atomic E-state index is 0.723. The smallest absolute Gasteiger partial charge is 0.138 e. The van der Waals surface area contributed by atoms with E-state index in [1.807, 2.05) is 0 Å². The molecule has 0 saturated carbocycles. The molecule has 0 aliphatic carbocycles. The largest absolute Gasteiger partial charge is 0.289 e. The number of nitrogens with one attached hydrogen (secondary N) is 1. The van der Waals surface area contributed by atoms with Gasteiger partial charge in [0.15, 0.2) is 0 Å². The maximum absolute atomic E-state index is 3.63.